The normalized spacial score (nSPS) is 10.7. The van der Waals surface area contributed by atoms with Gasteiger partial charge in [0.1, 0.15) is 4.92 Å². The number of benzene rings is 1. The smallest absolute Gasteiger partial charge is 0.400 e. The first-order valence-corrected chi connectivity index (χ1v) is 6.47. The lowest BCUT2D eigenvalue weighted by atomic mass is 10.2. The fourth-order valence-corrected chi connectivity index (χ4v) is 1.69. The standard InChI is InChI=1S/C12H8IN3O4/c13-9-3-1-8(2-4-9)12(17)15-14-7-10-5-6-11(20-10)16(18)19/h1-7H,(H,15,17)/b14-7+. The van der Waals surface area contributed by atoms with Gasteiger partial charge in [0.05, 0.1) is 12.3 Å². The predicted molar refractivity (Wildman–Crippen MR) is 79.6 cm³/mol. The molecule has 2 rings (SSSR count). The van der Waals surface area contributed by atoms with Crippen LogP contribution >= 0.6 is 22.6 Å². The number of furan rings is 1. The molecule has 0 aliphatic rings. The fourth-order valence-electron chi connectivity index (χ4n) is 1.33. The Hall–Kier alpha value is -2.23. The van der Waals surface area contributed by atoms with Crippen LogP contribution in [0.1, 0.15) is 16.1 Å². The van der Waals surface area contributed by atoms with Crippen LogP contribution in [0.15, 0.2) is 45.9 Å². The van der Waals surface area contributed by atoms with Crippen LogP contribution in [0.25, 0.3) is 0 Å². The van der Waals surface area contributed by atoms with Crippen molar-refractivity contribution < 1.29 is 14.1 Å². The molecule has 0 saturated carbocycles. The highest BCUT2D eigenvalue weighted by atomic mass is 127. The third-order valence-electron chi connectivity index (χ3n) is 2.26. The molecule has 0 spiro atoms. The van der Waals surface area contributed by atoms with E-state index in [4.69, 9.17) is 4.42 Å². The summed E-state index contributed by atoms with van der Waals surface area (Å²) in [6.07, 6.45) is 1.19. The molecule has 1 aromatic carbocycles. The molecule has 8 heteroatoms. The van der Waals surface area contributed by atoms with E-state index in [0.717, 1.165) is 3.57 Å². The lowest BCUT2D eigenvalue weighted by Gasteiger charge is -1.98. The van der Waals surface area contributed by atoms with Crippen molar-refractivity contribution in [2.24, 2.45) is 5.10 Å². The summed E-state index contributed by atoms with van der Waals surface area (Å²) in [5, 5.41) is 14.1. The van der Waals surface area contributed by atoms with E-state index in [1.807, 2.05) is 0 Å². The maximum absolute atomic E-state index is 11.7. The predicted octanol–water partition coefficient (Wildman–Crippen LogP) is 2.56. The van der Waals surface area contributed by atoms with Crippen molar-refractivity contribution in [1.29, 1.82) is 0 Å². The first kappa shape index (κ1) is 14.2. The van der Waals surface area contributed by atoms with Crippen LogP contribution in [0.2, 0.25) is 0 Å². The number of hydrazone groups is 1. The molecule has 0 fully saturated rings. The molecule has 1 aromatic heterocycles. The molecule has 7 nitrogen and oxygen atoms in total. The van der Waals surface area contributed by atoms with Gasteiger partial charge in [-0.1, -0.05) is 0 Å². The Morgan fingerprint density at radius 1 is 1.30 bits per heavy atom. The van der Waals surface area contributed by atoms with E-state index in [0.29, 0.717) is 5.56 Å². The third-order valence-corrected chi connectivity index (χ3v) is 2.98. The number of carbonyl (C=O) groups is 1. The van der Waals surface area contributed by atoms with Crippen LogP contribution in [-0.2, 0) is 0 Å². The number of halogens is 1. The van der Waals surface area contributed by atoms with Crippen LogP contribution in [0.4, 0.5) is 5.88 Å². The van der Waals surface area contributed by atoms with Gasteiger partial charge in [-0.3, -0.25) is 14.9 Å². The van der Waals surface area contributed by atoms with Gasteiger partial charge in [0.2, 0.25) is 0 Å². The van der Waals surface area contributed by atoms with Gasteiger partial charge in [-0.25, -0.2) is 5.43 Å². The summed E-state index contributed by atoms with van der Waals surface area (Å²) in [5.74, 6) is -0.575. The highest BCUT2D eigenvalue weighted by Crippen LogP contribution is 2.13. The van der Waals surface area contributed by atoms with Gasteiger partial charge < -0.3 is 4.42 Å². The summed E-state index contributed by atoms with van der Waals surface area (Å²) >= 11 is 2.14. The van der Waals surface area contributed by atoms with Crippen LogP contribution in [0, 0.1) is 13.7 Å². The minimum Gasteiger partial charge on any atom is -0.400 e. The van der Waals surface area contributed by atoms with Crippen molar-refractivity contribution in [1.82, 2.24) is 5.43 Å². The highest BCUT2D eigenvalue weighted by Gasteiger charge is 2.10. The maximum Gasteiger partial charge on any atom is 0.433 e. The molecule has 0 aliphatic heterocycles. The van der Waals surface area contributed by atoms with Gasteiger partial charge in [0.25, 0.3) is 5.91 Å². The fraction of sp³-hybridized carbons (Fsp3) is 0. The SMILES string of the molecule is O=C(N/N=C/c1ccc([N+](=O)[O-])o1)c1ccc(I)cc1. The Kier molecular flexibility index (Phi) is 4.45. The number of nitrogens with zero attached hydrogens (tertiary/aromatic N) is 2. The molecule has 0 aliphatic carbocycles. The number of hydrogen-bond donors (Lipinski definition) is 1. The van der Waals surface area contributed by atoms with Crippen molar-refractivity contribution >= 4 is 40.6 Å². The topological polar surface area (TPSA) is 97.7 Å². The summed E-state index contributed by atoms with van der Waals surface area (Å²) in [6.45, 7) is 0. The molecule has 2 aromatic rings. The average Bonchev–Trinajstić information content (AvgIpc) is 2.88. The third kappa shape index (κ3) is 3.63. The second-order valence-electron chi connectivity index (χ2n) is 3.64. The molecule has 0 saturated heterocycles. The van der Waals surface area contributed by atoms with Crippen molar-refractivity contribution in [2.45, 2.75) is 0 Å². The molecule has 0 bridgehead atoms. The Labute approximate surface area is 127 Å². The Morgan fingerprint density at radius 2 is 2.00 bits per heavy atom. The molecule has 20 heavy (non-hydrogen) atoms. The Bertz CT molecular complexity index is 664. The molecular formula is C12H8IN3O4. The van der Waals surface area contributed by atoms with E-state index in [1.165, 1.54) is 18.3 Å². The second-order valence-corrected chi connectivity index (χ2v) is 4.88. The van der Waals surface area contributed by atoms with E-state index in [1.54, 1.807) is 24.3 Å². The van der Waals surface area contributed by atoms with Crippen LogP contribution in [0.5, 0.6) is 0 Å². The minimum absolute atomic E-state index is 0.180. The number of nitrogens with one attached hydrogen (secondary N) is 1. The Balaban J connectivity index is 1.97. The van der Waals surface area contributed by atoms with Crippen molar-refractivity contribution in [3.05, 3.63) is 61.4 Å². The van der Waals surface area contributed by atoms with Gasteiger partial charge in [-0.05, 0) is 52.9 Å². The molecule has 1 amide bonds. The number of rotatable bonds is 4. The first-order valence-electron chi connectivity index (χ1n) is 5.39. The lowest BCUT2D eigenvalue weighted by molar-refractivity contribution is -0.402. The summed E-state index contributed by atoms with van der Waals surface area (Å²) < 4.78 is 5.87. The van der Waals surface area contributed by atoms with E-state index in [9.17, 15) is 14.9 Å². The van der Waals surface area contributed by atoms with E-state index in [2.05, 4.69) is 33.1 Å². The molecule has 1 N–H and O–H groups in total. The molecule has 0 atom stereocenters. The largest absolute Gasteiger partial charge is 0.433 e. The second kappa shape index (κ2) is 6.28. The Morgan fingerprint density at radius 3 is 2.60 bits per heavy atom. The monoisotopic (exact) mass is 385 g/mol. The van der Waals surface area contributed by atoms with Crippen molar-refractivity contribution in [2.75, 3.05) is 0 Å². The average molecular weight is 385 g/mol. The minimum atomic E-state index is -0.651. The summed E-state index contributed by atoms with van der Waals surface area (Å²) in [4.78, 5) is 21.4. The quantitative estimate of drug-likeness (QED) is 0.379. The zero-order valence-corrected chi connectivity index (χ0v) is 12.1. The number of hydrogen-bond acceptors (Lipinski definition) is 5. The van der Waals surface area contributed by atoms with Gasteiger partial charge in [-0.15, -0.1) is 0 Å². The summed E-state index contributed by atoms with van der Waals surface area (Å²) in [5.41, 5.74) is 2.77. The number of carbonyl (C=O) groups excluding carboxylic acids is 1. The summed E-state index contributed by atoms with van der Waals surface area (Å²) in [7, 11) is 0. The van der Waals surface area contributed by atoms with Gasteiger partial charge >= 0.3 is 5.88 Å². The van der Waals surface area contributed by atoms with Gasteiger partial charge in [0, 0.05) is 9.13 Å². The number of nitro groups is 1. The molecule has 102 valence electrons. The number of amides is 1. The van der Waals surface area contributed by atoms with E-state index < -0.39 is 4.92 Å². The van der Waals surface area contributed by atoms with E-state index in [-0.39, 0.29) is 17.6 Å². The molecule has 1 heterocycles. The molecule has 0 radical (unpaired) electrons. The zero-order chi connectivity index (χ0) is 14.5. The van der Waals surface area contributed by atoms with Crippen LogP contribution in [0.3, 0.4) is 0 Å². The molecule has 0 unspecified atom stereocenters. The van der Waals surface area contributed by atoms with E-state index >= 15 is 0 Å². The molecular weight excluding hydrogens is 377 g/mol. The summed E-state index contributed by atoms with van der Waals surface area (Å²) in [6, 6.07) is 9.54. The van der Waals surface area contributed by atoms with Gasteiger partial charge in [0.15, 0.2) is 5.76 Å². The zero-order valence-electron chi connectivity index (χ0n) is 9.95. The van der Waals surface area contributed by atoms with Crippen molar-refractivity contribution in [3.8, 4) is 0 Å². The first-order chi connectivity index (χ1) is 9.56. The maximum atomic E-state index is 11.7. The van der Waals surface area contributed by atoms with Gasteiger partial charge in [-0.2, -0.15) is 5.10 Å². The van der Waals surface area contributed by atoms with Crippen LogP contribution in [-0.4, -0.2) is 17.0 Å². The van der Waals surface area contributed by atoms with Crippen LogP contribution < -0.4 is 5.43 Å². The van der Waals surface area contributed by atoms with Crippen molar-refractivity contribution in [3.63, 3.8) is 0 Å². The highest BCUT2D eigenvalue weighted by molar-refractivity contribution is 14.1. The lowest BCUT2D eigenvalue weighted by Crippen LogP contribution is -2.17.